The first-order chi connectivity index (χ1) is 7.40. The third kappa shape index (κ3) is 2.78. The van der Waals surface area contributed by atoms with E-state index in [2.05, 4.69) is 4.74 Å². The molecule has 0 aliphatic heterocycles. The molecule has 90 valence electrons. The van der Waals surface area contributed by atoms with Crippen LogP contribution in [-0.2, 0) is 12.7 Å². The molecule has 0 aliphatic carbocycles. The molecule has 0 aliphatic rings. The van der Waals surface area contributed by atoms with Crippen molar-refractivity contribution in [3.63, 3.8) is 0 Å². The maximum absolute atomic E-state index is 12.6. The van der Waals surface area contributed by atoms with Crippen molar-refractivity contribution in [2.24, 2.45) is 0 Å². The SMILES string of the molecule is COc1c(Cl)cc(CNO)cc1C(F)(F)F. The molecule has 2 N–H and O–H groups in total. The Morgan fingerprint density at radius 3 is 2.50 bits per heavy atom. The average molecular weight is 256 g/mol. The number of alkyl halides is 3. The van der Waals surface area contributed by atoms with Crippen molar-refractivity contribution in [1.82, 2.24) is 5.48 Å². The summed E-state index contributed by atoms with van der Waals surface area (Å²) < 4.78 is 42.4. The van der Waals surface area contributed by atoms with Crippen LogP contribution in [0.4, 0.5) is 13.2 Å². The van der Waals surface area contributed by atoms with E-state index in [1.54, 1.807) is 5.48 Å². The number of hydrogen-bond donors (Lipinski definition) is 2. The third-order valence-electron chi connectivity index (χ3n) is 1.90. The summed E-state index contributed by atoms with van der Waals surface area (Å²) in [7, 11) is 1.11. The zero-order chi connectivity index (χ0) is 12.3. The van der Waals surface area contributed by atoms with E-state index < -0.39 is 17.5 Å². The Hall–Kier alpha value is -0.980. The quantitative estimate of drug-likeness (QED) is 0.816. The Bertz CT molecular complexity index is 382. The molecular weight excluding hydrogens is 247 g/mol. The zero-order valence-corrected chi connectivity index (χ0v) is 8.99. The van der Waals surface area contributed by atoms with Gasteiger partial charge < -0.3 is 9.94 Å². The molecule has 0 saturated heterocycles. The summed E-state index contributed by atoms with van der Waals surface area (Å²) in [5.74, 6) is -0.421. The lowest BCUT2D eigenvalue weighted by Gasteiger charge is -2.14. The average Bonchev–Trinajstić information content (AvgIpc) is 2.16. The minimum atomic E-state index is -4.56. The molecule has 1 aromatic rings. The van der Waals surface area contributed by atoms with E-state index in [0.29, 0.717) is 0 Å². The molecule has 0 aromatic heterocycles. The topological polar surface area (TPSA) is 41.5 Å². The number of ether oxygens (including phenoxy) is 1. The van der Waals surface area contributed by atoms with Gasteiger partial charge in [0.15, 0.2) is 0 Å². The first kappa shape index (κ1) is 13.1. The summed E-state index contributed by atoms with van der Waals surface area (Å²) in [5, 5.41) is 8.27. The van der Waals surface area contributed by atoms with Crippen LogP contribution in [0, 0.1) is 0 Å². The molecule has 7 heteroatoms. The van der Waals surface area contributed by atoms with E-state index in [1.165, 1.54) is 6.07 Å². The number of nitrogens with one attached hydrogen (secondary N) is 1. The minimum absolute atomic E-state index is 0.132. The number of halogens is 4. The van der Waals surface area contributed by atoms with Crippen LogP contribution in [0.3, 0.4) is 0 Å². The van der Waals surface area contributed by atoms with Gasteiger partial charge in [0.05, 0.1) is 17.7 Å². The minimum Gasteiger partial charge on any atom is -0.495 e. The normalized spacial score (nSPS) is 11.6. The van der Waals surface area contributed by atoms with Gasteiger partial charge in [-0.25, -0.2) is 5.48 Å². The molecule has 0 unspecified atom stereocenters. The Morgan fingerprint density at radius 2 is 2.06 bits per heavy atom. The molecule has 0 heterocycles. The van der Waals surface area contributed by atoms with Crippen molar-refractivity contribution in [3.05, 3.63) is 28.3 Å². The number of rotatable bonds is 3. The largest absolute Gasteiger partial charge is 0.495 e. The molecule has 0 spiro atoms. The fourth-order valence-corrected chi connectivity index (χ4v) is 1.58. The van der Waals surface area contributed by atoms with Crippen molar-refractivity contribution in [1.29, 1.82) is 0 Å². The van der Waals surface area contributed by atoms with E-state index >= 15 is 0 Å². The van der Waals surface area contributed by atoms with Crippen LogP contribution in [0.1, 0.15) is 11.1 Å². The maximum atomic E-state index is 12.6. The Kier molecular flexibility index (Phi) is 4.01. The molecule has 1 aromatic carbocycles. The summed E-state index contributed by atoms with van der Waals surface area (Å²) >= 11 is 5.64. The van der Waals surface area contributed by atoms with Crippen molar-refractivity contribution < 1.29 is 23.1 Å². The van der Waals surface area contributed by atoms with Crippen LogP contribution < -0.4 is 10.2 Å². The molecular formula is C9H9ClF3NO2. The van der Waals surface area contributed by atoms with Crippen molar-refractivity contribution >= 4 is 11.6 Å². The van der Waals surface area contributed by atoms with Crippen LogP contribution in [0.15, 0.2) is 12.1 Å². The van der Waals surface area contributed by atoms with Crippen molar-refractivity contribution in [3.8, 4) is 5.75 Å². The second-order valence-electron chi connectivity index (χ2n) is 2.99. The smallest absolute Gasteiger partial charge is 0.420 e. The molecule has 0 saturated carbocycles. The number of benzene rings is 1. The highest BCUT2D eigenvalue weighted by atomic mass is 35.5. The Labute approximate surface area is 94.7 Å². The van der Waals surface area contributed by atoms with Gasteiger partial charge in [-0.2, -0.15) is 13.2 Å². The first-order valence-corrected chi connectivity index (χ1v) is 4.58. The molecule has 1 rings (SSSR count). The van der Waals surface area contributed by atoms with E-state index in [9.17, 15) is 13.2 Å². The van der Waals surface area contributed by atoms with Gasteiger partial charge in [0.2, 0.25) is 0 Å². The summed E-state index contributed by atoms with van der Waals surface area (Å²) in [6, 6.07) is 2.16. The Balaban J connectivity index is 3.31. The summed E-state index contributed by atoms with van der Waals surface area (Å²) in [6.45, 7) is -0.132. The number of methoxy groups -OCH3 is 1. The standard InChI is InChI=1S/C9H9ClF3NO2/c1-16-8-6(9(11,12)13)2-5(4-14-15)3-7(8)10/h2-3,14-15H,4H2,1H3. The molecule has 0 atom stereocenters. The lowest BCUT2D eigenvalue weighted by molar-refractivity contribution is -0.138. The van der Waals surface area contributed by atoms with Gasteiger partial charge >= 0.3 is 6.18 Å². The number of hydrogen-bond acceptors (Lipinski definition) is 3. The zero-order valence-electron chi connectivity index (χ0n) is 8.23. The van der Waals surface area contributed by atoms with Gasteiger partial charge in [0.1, 0.15) is 5.75 Å². The van der Waals surface area contributed by atoms with E-state index in [1.807, 2.05) is 0 Å². The van der Waals surface area contributed by atoms with Crippen LogP contribution >= 0.6 is 11.6 Å². The molecule has 0 fully saturated rings. The highest BCUT2D eigenvalue weighted by Gasteiger charge is 2.35. The monoisotopic (exact) mass is 255 g/mol. The molecule has 3 nitrogen and oxygen atoms in total. The van der Waals surface area contributed by atoms with Gasteiger partial charge in [-0.1, -0.05) is 11.6 Å². The van der Waals surface area contributed by atoms with Crippen LogP contribution in [-0.4, -0.2) is 12.3 Å². The fraction of sp³-hybridized carbons (Fsp3) is 0.333. The molecule has 0 amide bonds. The second kappa shape index (κ2) is 4.90. The van der Waals surface area contributed by atoms with Crippen molar-refractivity contribution in [2.45, 2.75) is 12.7 Å². The maximum Gasteiger partial charge on any atom is 0.420 e. The number of hydroxylamine groups is 1. The van der Waals surface area contributed by atoms with Gasteiger partial charge in [0.25, 0.3) is 0 Å². The first-order valence-electron chi connectivity index (χ1n) is 4.20. The highest BCUT2D eigenvalue weighted by molar-refractivity contribution is 6.32. The van der Waals surface area contributed by atoms with Gasteiger partial charge in [-0.05, 0) is 17.7 Å². The van der Waals surface area contributed by atoms with E-state index in [-0.39, 0.29) is 17.1 Å². The van der Waals surface area contributed by atoms with Crippen LogP contribution in [0.25, 0.3) is 0 Å². The lowest BCUT2D eigenvalue weighted by Crippen LogP contribution is -2.11. The van der Waals surface area contributed by atoms with Gasteiger partial charge in [0, 0.05) is 6.54 Å². The predicted octanol–water partition coefficient (Wildman–Crippen LogP) is 2.85. The van der Waals surface area contributed by atoms with Crippen molar-refractivity contribution in [2.75, 3.05) is 7.11 Å². The van der Waals surface area contributed by atoms with Gasteiger partial charge in [-0.15, -0.1) is 0 Å². The summed E-state index contributed by atoms with van der Waals surface area (Å²) in [4.78, 5) is 0. The molecule has 16 heavy (non-hydrogen) atoms. The summed E-state index contributed by atoms with van der Waals surface area (Å²) in [6.07, 6.45) is -4.56. The van der Waals surface area contributed by atoms with Crippen LogP contribution in [0.2, 0.25) is 5.02 Å². The lowest BCUT2D eigenvalue weighted by atomic mass is 10.1. The highest BCUT2D eigenvalue weighted by Crippen LogP contribution is 2.40. The fourth-order valence-electron chi connectivity index (χ4n) is 1.26. The van der Waals surface area contributed by atoms with E-state index in [0.717, 1.165) is 13.2 Å². The predicted molar refractivity (Wildman–Crippen MR) is 51.6 cm³/mol. The van der Waals surface area contributed by atoms with E-state index in [4.69, 9.17) is 16.8 Å². The third-order valence-corrected chi connectivity index (χ3v) is 2.18. The summed E-state index contributed by atoms with van der Waals surface area (Å²) in [5.41, 5.74) is 1.00. The van der Waals surface area contributed by atoms with Crippen LogP contribution in [0.5, 0.6) is 5.75 Å². The Morgan fingerprint density at radius 1 is 1.44 bits per heavy atom. The molecule has 0 radical (unpaired) electrons. The van der Waals surface area contributed by atoms with Gasteiger partial charge in [-0.3, -0.25) is 0 Å². The molecule has 0 bridgehead atoms. The second-order valence-corrected chi connectivity index (χ2v) is 3.40.